The highest BCUT2D eigenvalue weighted by Gasteiger charge is 2.00. The minimum Gasteiger partial charge on any atom is -0.481 e. The number of carbonyl (C=O) groups is 1. The second-order valence-electron chi connectivity index (χ2n) is 3.25. The van der Waals surface area contributed by atoms with E-state index in [1.54, 1.807) is 0 Å². The summed E-state index contributed by atoms with van der Waals surface area (Å²) in [7, 11) is 0. The second kappa shape index (κ2) is 11.7. The van der Waals surface area contributed by atoms with Gasteiger partial charge in [-0.2, -0.15) is 0 Å². The van der Waals surface area contributed by atoms with Crippen molar-refractivity contribution in [2.24, 2.45) is 22.2 Å². The number of unbranched alkanes of at least 4 members (excludes halogenated alkanes) is 1. The van der Waals surface area contributed by atoms with Crippen LogP contribution in [0.2, 0.25) is 0 Å². The molecule has 0 aliphatic heterocycles. The first-order valence-electron chi connectivity index (χ1n) is 5.05. The molecule has 96 valence electrons. The van der Waals surface area contributed by atoms with E-state index < -0.39 is 12.1 Å². The molecule has 0 amide bonds. The Morgan fingerprint density at radius 2 is 1.94 bits per heavy atom. The fraction of sp³-hybridized carbons (Fsp3) is 0.778. The molecule has 7 nitrogen and oxygen atoms in total. The van der Waals surface area contributed by atoms with Gasteiger partial charge in [-0.25, -0.2) is 0 Å². The molecule has 0 aliphatic carbocycles. The first-order chi connectivity index (χ1) is 7.40. The number of aliphatic carboxylic acids is 1. The molecule has 0 rings (SSSR count). The summed E-state index contributed by atoms with van der Waals surface area (Å²) >= 11 is 0. The number of rotatable bonds is 6. The molecule has 7 heteroatoms. The quantitative estimate of drug-likeness (QED) is 0.222. The van der Waals surface area contributed by atoms with Gasteiger partial charge in [-0.3, -0.25) is 9.79 Å². The summed E-state index contributed by atoms with van der Waals surface area (Å²) in [6.07, 6.45) is 1.06. The van der Waals surface area contributed by atoms with Crippen LogP contribution in [0.4, 0.5) is 0 Å². The molecular formula is C9H22N4O3. The SMILES string of the molecule is CC(O)CC(=O)O.NCCCCN=C(N)N. The lowest BCUT2D eigenvalue weighted by molar-refractivity contribution is -0.138. The van der Waals surface area contributed by atoms with Gasteiger partial charge >= 0.3 is 5.97 Å². The number of nitrogens with zero attached hydrogens (tertiary/aromatic N) is 1. The lowest BCUT2D eigenvalue weighted by Crippen LogP contribution is -2.23. The van der Waals surface area contributed by atoms with Crippen LogP contribution in [0.3, 0.4) is 0 Å². The van der Waals surface area contributed by atoms with Crippen LogP contribution in [0.15, 0.2) is 4.99 Å². The molecule has 0 spiro atoms. The molecule has 0 fully saturated rings. The monoisotopic (exact) mass is 234 g/mol. The average Bonchev–Trinajstić information content (AvgIpc) is 2.11. The third-order valence-electron chi connectivity index (χ3n) is 1.38. The number of carboxylic acid groups (broad SMARTS) is 1. The third-order valence-corrected chi connectivity index (χ3v) is 1.38. The van der Waals surface area contributed by atoms with Gasteiger partial charge in [0.1, 0.15) is 0 Å². The molecule has 0 aromatic carbocycles. The Kier molecular flexibility index (Phi) is 12.5. The maximum Gasteiger partial charge on any atom is 0.305 e. The zero-order valence-electron chi connectivity index (χ0n) is 9.59. The number of carboxylic acids is 1. The van der Waals surface area contributed by atoms with Crippen LogP contribution in [0.5, 0.6) is 0 Å². The molecule has 0 saturated heterocycles. The smallest absolute Gasteiger partial charge is 0.305 e. The molecule has 0 aromatic rings. The second-order valence-corrected chi connectivity index (χ2v) is 3.25. The minimum atomic E-state index is -0.963. The Bertz CT molecular complexity index is 203. The number of aliphatic hydroxyl groups is 1. The van der Waals surface area contributed by atoms with Crippen molar-refractivity contribution in [1.82, 2.24) is 0 Å². The number of guanidine groups is 1. The summed E-state index contributed by atoms with van der Waals surface area (Å²) < 4.78 is 0. The van der Waals surface area contributed by atoms with Crippen LogP contribution in [0, 0.1) is 0 Å². The molecule has 0 radical (unpaired) electrons. The van der Waals surface area contributed by atoms with Gasteiger partial charge in [0.15, 0.2) is 5.96 Å². The van der Waals surface area contributed by atoms with Gasteiger partial charge in [0.2, 0.25) is 0 Å². The van der Waals surface area contributed by atoms with E-state index in [0.717, 1.165) is 12.8 Å². The van der Waals surface area contributed by atoms with Crippen LogP contribution in [0.25, 0.3) is 0 Å². The largest absolute Gasteiger partial charge is 0.481 e. The summed E-state index contributed by atoms with van der Waals surface area (Å²) in [5.74, 6) is -0.804. The molecule has 0 saturated carbocycles. The van der Waals surface area contributed by atoms with E-state index in [1.165, 1.54) is 6.92 Å². The summed E-state index contributed by atoms with van der Waals surface area (Å²) in [4.78, 5) is 13.4. The Balaban J connectivity index is 0. The van der Waals surface area contributed by atoms with Gasteiger partial charge in [-0.05, 0) is 26.3 Å². The van der Waals surface area contributed by atoms with Gasteiger partial charge < -0.3 is 27.4 Å². The van der Waals surface area contributed by atoms with Gasteiger partial charge in [0.25, 0.3) is 0 Å². The fourth-order valence-electron chi connectivity index (χ4n) is 0.717. The molecule has 0 heterocycles. The molecule has 8 N–H and O–H groups in total. The topological polar surface area (TPSA) is 148 Å². The lowest BCUT2D eigenvalue weighted by atomic mass is 10.3. The molecule has 0 aromatic heterocycles. The zero-order valence-corrected chi connectivity index (χ0v) is 9.59. The molecular weight excluding hydrogens is 212 g/mol. The lowest BCUT2D eigenvalue weighted by Gasteiger charge is -1.94. The van der Waals surface area contributed by atoms with Crippen molar-refractivity contribution < 1.29 is 15.0 Å². The summed E-state index contributed by atoms with van der Waals surface area (Å²) in [6.45, 7) is 2.84. The summed E-state index contributed by atoms with van der Waals surface area (Å²) in [5.41, 5.74) is 15.4. The number of aliphatic imine (C=N–C) groups is 1. The highest BCUT2D eigenvalue weighted by atomic mass is 16.4. The van der Waals surface area contributed by atoms with E-state index in [2.05, 4.69) is 4.99 Å². The summed E-state index contributed by atoms with van der Waals surface area (Å²) in [6, 6.07) is 0. The van der Waals surface area contributed by atoms with Crippen LogP contribution < -0.4 is 17.2 Å². The summed E-state index contributed by atoms with van der Waals surface area (Å²) in [5, 5.41) is 16.3. The number of aliphatic hydroxyl groups excluding tert-OH is 1. The highest BCUT2D eigenvalue weighted by Crippen LogP contribution is 1.86. The highest BCUT2D eigenvalue weighted by molar-refractivity contribution is 5.75. The van der Waals surface area contributed by atoms with E-state index in [1.807, 2.05) is 0 Å². The van der Waals surface area contributed by atoms with E-state index in [0.29, 0.717) is 13.1 Å². The maximum atomic E-state index is 9.65. The van der Waals surface area contributed by atoms with Crippen molar-refractivity contribution in [3.05, 3.63) is 0 Å². The van der Waals surface area contributed by atoms with Gasteiger partial charge in [-0.15, -0.1) is 0 Å². The van der Waals surface area contributed by atoms with E-state index in [9.17, 15) is 4.79 Å². The van der Waals surface area contributed by atoms with E-state index in [-0.39, 0.29) is 12.4 Å². The van der Waals surface area contributed by atoms with Crippen LogP contribution in [-0.4, -0.2) is 41.3 Å². The Morgan fingerprint density at radius 1 is 1.38 bits per heavy atom. The van der Waals surface area contributed by atoms with E-state index >= 15 is 0 Å². The van der Waals surface area contributed by atoms with Crippen molar-refractivity contribution in [2.75, 3.05) is 13.1 Å². The normalized spacial score (nSPS) is 10.9. The van der Waals surface area contributed by atoms with Crippen LogP contribution in [-0.2, 0) is 4.79 Å². The van der Waals surface area contributed by atoms with E-state index in [4.69, 9.17) is 27.4 Å². The molecule has 16 heavy (non-hydrogen) atoms. The zero-order chi connectivity index (χ0) is 13.0. The molecule has 0 bridgehead atoms. The maximum absolute atomic E-state index is 9.65. The minimum absolute atomic E-state index is 0.159. The number of hydrogen-bond acceptors (Lipinski definition) is 4. The first kappa shape index (κ1) is 17.1. The van der Waals surface area contributed by atoms with Gasteiger partial charge in [-0.1, -0.05) is 0 Å². The molecule has 1 unspecified atom stereocenters. The average molecular weight is 234 g/mol. The fourth-order valence-corrected chi connectivity index (χ4v) is 0.717. The Labute approximate surface area is 95.3 Å². The first-order valence-corrected chi connectivity index (χ1v) is 5.05. The van der Waals surface area contributed by atoms with Crippen LogP contribution in [0.1, 0.15) is 26.2 Å². The van der Waals surface area contributed by atoms with Crippen molar-refractivity contribution in [3.63, 3.8) is 0 Å². The van der Waals surface area contributed by atoms with Gasteiger partial charge in [0.05, 0.1) is 12.5 Å². The van der Waals surface area contributed by atoms with Crippen LogP contribution >= 0.6 is 0 Å². The Hall–Kier alpha value is -1.34. The van der Waals surface area contributed by atoms with Crippen molar-refractivity contribution in [3.8, 4) is 0 Å². The Morgan fingerprint density at radius 3 is 2.19 bits per heavy atom. The van der Waals surface area contributed by atoms with Gasteiger partial charge in [0, 0.05) is 6.54 Å². The third kappa shape index (κ3) is 23.0. The van der Waals surface area contributed by atoms with Crippen molar-refractivity contribution >= 4 is 11.9 Å². The van der Waals surface area contributed by atoms with Crippen molar-refractivity contribution in [2.45, 2.75) is 32.3 Å². The molecule has 1 atom stereocenters. The number of hydrogen-bond donors (Lipinski definition) is 5. The predicted octanol–water partition coefficient (Wildman–Crippen LogP) is -1.16. The number of nitrogens with two attached hydrogens (primary N) is 3. The van der Waals surface area contributed by atoms with Crippen molar-refractivity contribution in [1.29, 1.82) is 0 Å². The molecule has 0 aliphatic rings. The predicted molar refractivity (Wildman–Crippen MR) is 62.9 cm³/mol. The standard InChI is InChI=1S/C5H14N4.C4H8O3/c6-3-1-2-4-9-5(7)8;1-3(5)2-4(6)7/h1-4,6H2,(H4,7,8,9);3,5H,2H2,1H3,(H,6,7).